The molecule has 0 aromatic heterocycles. The fourth-order valence-corrected chi connectivity index (χ4v) is 3.13. The molecule has 3 nitrogen and oxygen atoms in total. The summed E-state index contributed by atoms with van der Waals surface area (Å²) in [4.78, 5) is 2.64. The van der Waals surface area contributed by atoms with E-state index in [4.69, 9.17) is 0 Å². The van der Waals surface area contributed by atoms with Crippen molar-refractivity contribution in [2.24, 2.45) is 0 Å². The molecule has 2 unspecified atom stereocenters. The van der Waals surface area contributed by atoms with E-state index in [-0.39, 0.29) is 5.54 Å². The van der Waals surface area contributed by atoms with Crippen molar-refractivity contribution in [1.29, 1.82) is 0 Å². The standard InChI is InChI=1S/C12H24N2O/c1-3-13-12(6-7-15)8-10(2)14(9-12)11-4-5-11/h10-11,13,15H,3-9H2,1-2H3. The van der Waals surface area contributed by atoms with Gasteiger partial charge in [0.15, 0.2) is 0 Å². The third-order valence-electron chi connectivity index (χ3n) is 3.90. The molecular formula is C12H24N2O. The quantitative estimate of drug-likeness (QED) is 0.713. The number of hydrogen-bond acceptors (Lipinski definition) is 3. The molecule has 0 spiro atoms. The van der Waals surface area contributed by atoms with Crippen molar-refractivity contribution in [2.75, 3.05) is 19.7 Å². The zero-order valence-electron chi connectivity index (χ0n) is 10.00. The van der Waals surface area contributed by atoms with Gasteiger partial charge in [0.1, 0.15) is 0 Å². The molecular weight excluding hydrogens is 188 g/mol. The first-order chi connectivity index (χ1) is 7.21. The van der Waals surface area contributed by atoms with E-state index >= 15 is 0 Å². The Morgan fingerprint density at radius 2 is 2.20 bits per heavy atom. The van der Waals surface area contributed by atoms with Crippen LogP contribution in [0.2, 0.25) is 0 Å². The first kappa shape index (κ1) is 11.4. The molecule has 2 N–H and O–H groups in total. The summed E-state index contributed by atoms with van der Waals surface area (Å²) < 4.78 is 0. The highest BCUT2D eigenvalue weighted by Crippen LogP contribution is 2.38. The van der Waals surface area contributed by atoms with E-state index in [9.17, 15) is 5.11 Å². The molecule has 1 heterocycles. The van der Waals surface area contributed by atoms with Gasteiger partial charge in [-0.2, -0.15) is 0 Å². The second-order valence-electron chi connectivity index (χ2n) is 5.24. The summed E-state index contributed by atoms with van der Waals surface area (Å²) in [5, 5.41) is 12.8. The lowest BCUT2D eigenvalue weighted by molar-refractivity contribution is 0.200. The van der Waals surface area contributed by atoms with Crippen LogP contribution < -0.4 is 5.32 Å². The third-order valence-corrected chi connectivity index (χ3v) is 3.90. The molecule has 2 rings (SSSR count). The molecule has 0 aromatic carbocycles. The summed E-state index contributed by atoms with van der Waals surface area (Å²) in [5.41, 5.74) is 0.186. The maximum atomic E-state index is 9.19. The van der Waals surface area contributed by atoms with E-state index in [2.05, 4.69) is 24.1 Å². The monoisotopic (exact) mass is 212 g/mol. The van der Waals surface area contributed by atoms with Crippen LogP contribution >= 0.6 is 0 Å². The lowest BCUT2D eigenvalue weighted by Crippen LogP contribution is -2.48. The minimum atomic E-state index is 0.186. The molecule has 1 saturated carbocycles. The smallest absolute Gasteiger partial charge is 0.0449 e. The first-order valence-electron chi connectivity index (χ1n) is 6.32. The molecule has 0 aromatic rings. The van der Waals surface area contributed by atoms with Crippen molar-refractivity contribution in [3.8, 4) is 0 Å². The summed E-state index contributed by atoms with van der Waals surface area (Å²) in [6.07, 6.45) is 4.85. The van der Waals surface area contributed by atoms with E-state index in [1.54, 1.807) is 0 Å². The predicted octanol–water partition coefficient (Wildman–Crippen LogP) is 0.974. The Labute approximate surface area is 92.8 Å². The first-order valence-corrected chi connectivity index (χ1v) is 6.32. The largest absolute Gasteiger partial charge is 0.396 e. The molecule has 1 aliphatic heterocycles. The molecule has 2 fully saturated rings. The molecule has 2 atom stereocenters. The van der Waals surface area contributed by atoms with Gasteiger partial charge in [-0.05, 0) is 39.2 Å². The lowest BCUT2D eigenvalue weighted by Gasteiger charge is -2.30. The van der Waals surface area contributed by atoms with Gasteiger partial charge in [-0.15, -0.1) is 0 Å². The maximum Gasteiger partial charge on any atom is 0.0449 e. The van der Waals surface area contributed by atoms with Crippen LogP contribution in [0.25, 0.3) is 0 Å². The van der Waals surface area contributed by atoms with Crippen LogP contribution in [0.3, 0.4) is 0 Å². The Kier molecular flexibility index (Phi) is 3.33. The highest BCUT2D eigenvalue weighted by atomic mass is 16.3. The maximum absolute atomic E-state index is 9.19. The van der Waals surface area contributed by atoms with Crippen LogP contribution in [0, 0.1) is 0 Å². The van der Waals surface area contributed by atoms with Gasteiger partial charge in [0.2, 0.25) is 0 Å². The van der Waals surface area contributed by atoms with Gasteiger partial charge in [0.25, 0.3) is 0 Å². The number of rotatable bonds is 5. The van der Waals surface area contributed by atoms with Crippen molar-refractivity contribution in [2.45, 2.75) is 57.2 Å². The zero-order valence-corrected chi connectivity index (χ0v) is 10.00. The average molecular weight is 212 g/mol. The van der Waals surface area contributed by atoms with Gasteiger partial charge >= 0.3 is 0 Å². The molecule has 0 radical (unpaired) electrons. The lowest BCUT2D eigenvalue weighted by atomic mass is 9.92. The number of likely N-dealkylation sites (tertiary alicyclic amines) is 1. The van der Waals surface area contributed by atoms with Crippen LogP contribution in [0.15, 0.2) is 0 Å². The fraction of sp³-hybridized carbons (Fsp3) is 1.00. The molecule has 88 valence electrons. The Morgan fingerprint density at radius 3 is 2.73 bits per heavy atom. The van der Waals surface area contributed by atoms with Crippen molar-refractivity contribution in [3.05, 3.63) is 0 Å². The molecule has 0 amide bonds. The normalized spacial score (nSPS) is 37.4. The molecule has 1 saturated heterocycles. The van der Waals surface area contributed by atoms with Crippen molar-refractivity contribution in [3.63, 3.8) is 0 Å². The number of hydrogen-bond donors (Lipinski definition) is 2. The third kappa shape index (κ3) is 2.35. The summed E-state index contributed by atoms with van der Waals surface area (Å²) >= 11 is 0. The topological polar surface area (TPSA) is 35.5 Å². The van der Waals surface area contributed by atoms with Crippen LogP contribution in [-0.2, 0) is 0 Å². The summed E-state index contributed by atoms with van der Waals surface area (Å²) in [5.74, 6) is 0. The average Bonchev–Trinajstić information content (AvgIpc) is 2.94. The van der Waals surface area contributed by atoms with Crippen molar-refractivity contribution < 1.29 is 5.11 Å². The van der Waals surface area contributed by atoms with Crippen LogP contribution in [0.1, 0.15) is 39.5 Å². The predicted molar refractivity (Wildman–Crippen MR) is 61.9 cm³/mol. The summed E-state index contributed by atoms with van der Waals surface area (Å²) in [6.45, 7) is 6.93. The Balaban J connectivity index is 2.00. The SMILES string of the molecule is CCNC1(CCO)CC(C)N(C2CC2)C1. The summed E-state index contributed by atoms with van der Waals surface area (Å²) in [7, 11) is 0. The summed E-state index contributed by atoms with van der Waals surface area (Å²) in [6, 6.07) is 1.53. The van der Waals surface area contributed by atoms with Crippen LogP contribution in [-0.4, -0.2) is 47.3 Å². The molecule has 2 aliphatic rings. The molecule has 3 heteroatoms. The zero-order chi connectivity index (χ0) is 10.9. The van der Waals surface area contributed by atoms with Gasteiger partial charge in [-0.1, -0.05) is 6.92 Å². The number of aliphatic hydroxyl groups is 1. The van der Waals surface area contributed by atoms with Gasteiger partial charge in [-0.25, -0.2) is 0 Å². The van der Waals surface area contributed by atoms with Gasteiger partial charge in [-0.3, -0.25) is 4.90 Å². The second kappa shape index (κ2) is 4.40. The number of aliphatic hydroxyl groups excluding tert-OH is 1. The minimum absolute atomic E-state index is 0.186. The molecule has 15 heavy (non-hydrogen) atoms. The van der Waals surface area contributed by atoms with E-state index < -0.39 is 0 Å². The van der Waals surface area contributed by atoms with Gasteiger partial charge in [0, 0.05) is 30.8 Å². The van der Waals surface area contributed by atoms with Crippen LogP contribution in [0.4, 0.5) is 0 Å². The molecule has 0 bridgehead atoms. The fourth-order valence-electron chi connectivity index (χ4n) is 3.13. The van der Waals surface area contributed by atoms with E-state index in [0.717, 1.165) is 25.6 Å². The number of nitrogens with zero attached hydrogens (tertiary/aromatic N) is 1. The van der Waals surface area contributed by atoms with Gasteiger partial charge in [0.05, 0.1) is 0 Å². The van der Waals surface area contributed by atoms with Crippen LogP contribution in [0.5, 0.6) is 0 Å². The van der Waals surface area contributed by atoms with E-state index in [1.165, 1.54) is 19.3 Å². The van der Waals surface area contributed by atoms with E-state index in [0.29, 0.717) is 12.6 Å². The Hall–Kier alpha value is -0.120. The minimum Gasteiger partial charge on any atom is -0.396 e. The number of nitrogens with one attached hydrogen (secondary N) is 1. The highest BCUT2D eigenvalue weighted by Gasteiger charge is 2.45. The number of likely N-dealkylation sites (N-methyl/N-ethyl adjacent to an activating group) is 1. The molecule has 1 aliphatic carbocycles. The Bertz CT molecular complexity index is 210. The highest BCUT2D eigenvalue weighted by molar-refractivity contribution is 5.04. The second-order valence-corrected chi connectivity index (χ2v) is 5.24. The van der Waals surface area contributed by atoms with Gasteiger partial charge < -0.3 is 10.4 Å². The van der Waals surface area contributed by atoms with Crippen molar-refractivity contribution in [1.82, 2.24) is 10.2 Å². The van der Waals surface area contributed by atoms with E-state index in [1.807, 2.05) is 0 Å². The Morgan fingerprint density at radius 1 is 1.47 bits per heavy atom. The van der Waals surface area contributed by atoms with Crippen molar-refractivity contribution >= 4 is 0 Å².